The molecule has 0 amide bonds. The van der Waals surface area contributed by atoms with E-state index < -0.39 is 0 Å². The summed E-state index contributed by atoms with van der Waals surface area (Å²) in [4.78, 5) is 2.42. The van der Waals surface area contributed by atoms with E-state index in [-0.39, 0.29) is 5.82 Å². The molecule has 0 fully saturated rings. The maximum absolute atomic E-state index is 13.0. The van der Waals surface area contributed by atoms with E-state index in [1.54, 1.807) is 7.11 Å². The summed E-state index contributed by atoms with van der Waals surface area (Å²) in [5.41, 5.74) is 3.92. The Bertz CT molecular complexity index is 609. The van der Waals surface area contributed by atoms with Gasteiger partial charge in [0.05, 0.1) is 7.11 Å². The number of rotatable bonds is 3. The minimum Gasteiger partial charge on any atom is -0.497 e. The van der Waals surface area contributed by atoms with E-state index in [0.29, 0.717) is 0 Å². The van der Waals surface area contributed by atoms with Crippen molar-refractivity contribution in [3.8, 4) is 5.75 Å². The van der Waals surface area contributed by atoms with E-state index in [9.17, 15) is 4.39 Å². The highest BCUT2D eigenvalue weighted by Gasteiger charge is 2.15. The Labute approximate surface area is 125 Å². The second kappa shape index (κ2) is 6.27. The van der Waals surface area contributed by atoms with E-state index >= 15 is 0 Å². The molecule has 1 aliphatic heterocycles. The summed E-state index contributed by atoms with van der Waals surface area (Å²) in [7, 11) is 1.71. The number of nitrogens with zero attached hydrogens (tertiary/aromatic N) is 1. The van der Waals surface area contributed by atoms with E-state index in [2.05, 4.69) is 17.0 Å². The van der Waals surface area contributed by atoms with Crippen LogP contribution in [0.3, 0.4) is 0 Å². The van der Waals surface area contributed by atoms with Crippen LogP contribution in [0.15, 0.2) is 42.5 Å². The first kappa shape index (κ1) is 14.1. The SMILES string of the molecule is COc1ccc2c(c1)CCCN(Cc1ccc(F)cc1)C2. The van der Waals surface area contributed by atoms with E-state index in [0.717, 1.165) is 43.8 Å². The van der Waals surface area contributed by atoms with E-state index in [1.807, 2.05) is 18.2 Å². The number of ether oxygens (including phenoxy) is 1. The van der Waals surface area contributed by atoms with Gasteiger partial charge in [-0.3, -0.25) is 4.90 Å². The van der Waals surface area contributed by atoms with Gasteiger partial charge < -0.3 is 4.74 Å². The van der Waals surface area contributed by atoms with Gasteiger partial charge in [0, 0.05) is 13.1 Å². The van der Waals surface area contributed by atoms with Crippen LogP contribution in [0.2, 0.25) is 0 Å². The van der Waals surface area contributed by atoms with Crippen molar-refractivity contribution < 1.29 is 9.13 Å². The topological polar surface area (TPSA) is 12.5 Å². The van der Waals surface area contributed by atoms with Gasteiger partial charge in [-0.1, -0.05) is 18.2 Å². The smallest absolute Gasteiger partial charge is 0.123 e. The molecular formula is C18H20FNO. The summed E-state index contributed by atoms with van der Waals surface area (Å²) >= 11 is 0. The Hall–Kier alpha value is -1.87. The molecule has 0 saturated carbocycles. The lowest BCUT2D eigenvalue weighted by Gasteiger charge is -2.20. The Morgan fingerprint density at radius 3 is 2.67 bits per heavy atom. The third-order valence-corrected chi connectivity index (χ3v) is 4.05. The second-order valence-electron chi connectivity index (χ2n) is 5.58. The molecule has 0 atom stereocenters. The zero-order chi connectivity index (χ0) is 14.7. The molecule has 0 saturated heterocycles. The first-order valence-electron chi connectivity index (χ1n) is 7.37. The fourth-order valence-corrected chi connectivity index (χ4v) is 2.91. The summed E-state index contributed by atoms with van der Waals surface area (Å²) in [6.45, 7) is 2.87. The summed E-state index contributed by atoms with van der Waals surface area (Å²) in [6, 6.07) is 13.1. The van der Waals surface area contributed by atoms with Gasteiger partial charge in [0.1, 0.15) is 11.6 Å². The molecule has 3 heteroatoms. The molecule has 1 heterocycles. The molecule has 110 valence electrons. The minimum atomic E-state index is -0.174. The number of hydrogen-bond acceptors (Lipinski definition) is 2. The Kier molecular flexibility index (Phi) is 4.20. The number of aryl methyl sites for hydroxylation is 1. The van der Waals surface area contributed by atoms with Crippen LogP contribution in [0, 0.1) is 5.82 Å². The standard InChI is InChI=1S/C18H20FNO/c1-21-18-9-6-16-13-20(10-2-3-15(16)11-18)12-14-4-7-17(19)8-5-14/h4-9,11H,2-3,10,12-13H2,1H3. The van der Waals surface area contributed by atoms with Gasteiger partial charge in [-0.05, 0) is 60.3 Å². The van der Waals surface area contributed by atoms with Gasteiger partial charge >= 0.3 is 0 Å². The Morgan fingerprint density at radius 2 is 1.90 bits per heavy atom. The summed E-state index contributed by atoms with van der Waals surface area (Å²) < 4.78 is 18.3. The van der Waals surface area contributed by atoms with Crippen molar-refractivity contribution in [2.24, 2.45) is 0 Å². The van der Waals surface area contributed by atoms with Crippen molar-refractivity contribution in [3.63, 3.8) is 0 Å². The highest BCUT2D eigenvalue weighted by molar-refractivity contribution is 5.36. The second-order valence-corrected chi connectivity index (χ2v) is 5.58. The van der Waals surface area contributed by atoms with Gasteiger partial charge in [-0.15, -0.1) is 0 Å². The molecule has 0 spiro atoms. The lowest BCUT2D eigenvalue weighted by Crippen LogP contribution is -2.22. The van der Waals surface area contributed by atoms with Gasteiger partial charge in [0.15, 0.2) is 0 Å². The number of halogens is 1. The number of hydrogen-bond donors (Lipinski definition) is 0. The highest BCUT2D eigenvalue weighted by atomic mass is 19.1. The lowest BCUT2D eigenvalue weighted by atomic mass is 10.0. The molecule has 0 N–H and O–H groups in total. The molecule has 2 nitrogen and oxygen atoms in total. The van der Waals surface area contributed by atoms with Crippen LogP contribution >= 0.6 is 0 Å². The molecule has 0 unspecified atom stereocenters. The largest absolute Gasteiger partial charge is 0.497 e. The maximum Gasteiger partial charge on any atom is 0.123 e. The maximum atomic E-state index is 13.0. The number of fused-ring (bicyclic) bond motifs is 1. The molecule has 0 bridgehead atoms. The van der Waals surface area contributed by atoms with Crippen LogP contribution in [-0.4, -0.2) is 18.6 Å². The average molecular weight is 285 g/mol. The zero-order valence-corrected chi connectivity index (χ0v) is 12.3. The molecule has 21 heavy (non-hydrogen) atoms. The molecule has 0 radical (unpaired) electrons. The highest BCUT2D eigenvalue weighted by Crippen LogP contribution is 2.24. The van der Waals surface area contributed by atoms with Crippen LogP contribution in [0.25, 0.3) is 0 Å². The summed E-state index contributed by atoms with van der Waals surface area (Å²) in [5, 5.41) is 0. The van der Waals surface area contributed by atoms with Gasteiger partial charge in [-0.25, -0.2) is 4.39 Å². The zero-order valence-electron chi connectivity index (χ0n) is 12.3. The van der Waals surface area contributed by atoms with Crippen LogP contribution in [-0.2, 0) is 19.5 Å². The van der Waals surface area contributed by atoms with Crippen molar-refractivity contribution in [2.45, 2.75) is 25.9 Å². The Balaban J connectivity index is 1.74. The predicted molar refractivity (Wildman–Crippen MR) is 81.8 cm³/mol. The van der Waals surface area contributed by atoms with Crippen LogP contribution < -0.4 is 4.74 Å². The van der Waals surface area contributed by atoms with Crippen molar-refractivity contribution in [1.82, 2.24) is 4.90 Å². The molecular weight excluding hydrogens is 265 g/mol. The molecule has 0 aliphatic carbocycles. The normalized spacial score (nSPS) is 15.3. The third-order valence-electron chi connectivity index (χ3n) is 4.05. The number of benzene rings is 2. The van der Waals surface area contributed by atoms with Crippen molar-refractivity contribution >= 4 is 0 Å². The summed E-state index contributed by atoms with van der Waals surface area (Å²) in [6.07, 6.45) is 2.23. The van der Waals surface area contributed by atoms with Gasteiger partial charge in [0.2, 0.25) is 0 Å². The van der Waals surface area contributed by atoms with Gasteiger partial charge in [-0.2, -0.15) is 0 Å². The van der Waals surface area contributed by atoms with Crippen molar-refractivity contribution in [2.75, 3.05) is 13.7 Å². The van der Waals surface area contributed by atoms with Crippen molar-refractivity contribution in [1.29, 1.82) is 0 Å². The minimum absolute atomic E-state index is 0.174. The first-order chi connectivity index (χ1) is 10.2. The van der Waals surface area contributed by atoms with E-state index in [1.165, 1.54) is 23.3 Å². The van der Waals surface area contributed by atoms with Gasteiger partial charge in [0.25, 0.3) is 0 Å². The average Bonchev–Trinajstić information content (AvgIpc) is 2.70. The van der Waals surface area contributed by atoms with Crippen molar-refractivity contribution in [3.05, 3.63) is 65.0 Å². The molecule has 0 aromatic heterocycles. The predicted octanol–water partition coefficient (Wildman–Crippen LogP) is 3.78. The van der Waals surface area contributed by atoms with Crippen LogP contribution in [0.5, 0.6) is 5.75 Å². The summed E-state index contributed by atoms with van der Waals surface area (Å²) in [5.74, 6) is 0.757. The Morgan fingerprint density at radius 1 is 1.10 bits per heavy atom. The first-order valence-corrected chi connectivity index (χ1v) is 7.37. The van der Waals surface area contributed by atoms with Crippen LogP contribution in [0.1, 0.15) is 23.1 Å². The molecule has 1 aliphatic rings. The fraction of sp³-hybridized carbons (Fsp3) is 0.333. The van der Waals surface area contributed by atoms with E-state index in [4.69, 9.17) is 4.74 Å². The number of methoxy groups -OCH3 is 1. The quantitative estimate of drug-likeness (QED) is 0.851. The fourth-order valence-electron chi connectivity index (χ4n) is 2.91. The monoisotopic (exact) mass is 285 g/mol. The van der Waals surface area contributed by atoms with Crippen LogP contribution in [0.4, 0.5) is 4.39 Å². The third kappa shape index (κ3) is 3.42. The molecule has 2 aromatic carbocycles. The molecule has 3 rings (SSSR count). The lowest BCUT2D eigenvalue weighted by molar-refractivity contribution is 0.261. The molecule has 2 aromatic rings.